The Morgan fingerprint density at radius 3 is 3.07 bits per heavy atom. The van der Waals surface area contributed by atoms with E-state index >= 15 is 0 Å². The Balaban J connectivity index is 1.53. The molecule has 1 aromatic carbocycles. The molecular formula is C21H34N4O2. The normalized spacial score (nSPS) is 23.7. The quantitative estimate of drug-likeness (QED) is 0.540. The van der Waals surface area contributed by atoms with Crippen LogP contribution in [0.1, 0.15) is 37.3 Å². The number of hydrogen-bond acceptors (Lipinski definition) is 4. The van der Waals surface area contributed by atoms with Gasteiger partial charge in [-0.2, -0.15) is 0 Å². The molecular weight excluding hydrogens is 340 g/mol. The fourth-order valence-electron chi connectivity index (χ4n) is 3.84. The van der Waals surface area contributed by atoms with Crippen LogP contribution in [0.15, 0.2) is 23.2 Å². The second kappa shape index (κ2) is 9.95. The maximum Gasteiger partial charge on any atom is 0.188 e. The molecule has 2 saturated heterocycles. The summed E-state index contributed by atoms with van der Waals surface area (Å²) in [6.45, 7) is 10.3. The molecule has 0 amide bonds. The van der Waals surface area contributed by atoms with Gasteiger partial charge < -0.3 is 20.5 Å². The van der Waals surface area contributed by atoms with E-state index in [9.17, 15) is 0 Å². The van der Waals surface area contributed by atoms with Gasteiger partial charge in [-0.15, -0.1) is 0 Å². The fourth-order valence-corrected chi connectivity index (χ4v) is 3.84. The molecule has 2 fully saturated rings. The van der Waals surface area contributed by atoms with Crippen LogP contribution in [0.4, 0.5) is 0 Å². The van der Waals surface area contributed by atoms with Gasteiger partial charge in [-0.05, 0) is 50.9 Å². The topological polar surface area (TPSA) is 72.1 Å². The average molecular weight is 375 g/mol. The van der Waals surface area contributed by atoms with Gasteiger partial charge in [-0.1, -0.05) is 19.1 Å². The minimum atomic E-state index is 0.488. The number of hydrogen-bond donors (Lipinski definition) is 2. The lowest BCUT2D eigenvalue weighted by Gasteiger charge is -2.23. The van der Waals surface area contributed by atoms with Crippen molar-refractivity contribution in [2.75, 3.05) is 39.5 Å². The molecule has 3 N–H and O–H groups in total. The lowest BCUT2D eigenvalue weighted by molar-refractivity contribution is 0.166. The van der Waals surface area contributed by atoms with E-state index in [0.29, 0.717) is 31.1 Å². The molecule has 0 bridgehead atoms. The maximum absolute atomic E-state index is 6.10. The van der Waals surface area contributed by atoms with Gasteiger partial charge in [0.2, 0.25) is 0 Å². The van der Waals surface area contributed by atoms with Crippen LogP contribution in [-0.2, 0) is 11.3 Å². The molecule has 2 aliphatic rings. The van der Waals surface area contributed by atoms with E-state index in [1.165, 1.54) is 24.9 Å². The highest BCUT2D eigenvalue weighted by molar-refractivity contribution is 5.77. The van der Waals surface area contributed by atoms with Crippen LogP contribution in [0.3, 0.4) is 0 Å². The summed E-state index contributed by atoms with van der Waals surface area (Å²) in [4.78, 5) is 7.04. The Hall–Kier alpha value is -1.79. The number of nitrogens with two attached hydrogens (primary N) is 1. The number of benzene rings is 1. The third-order valence-electron chi connectivity index (χ3n) is 5.56. The average Bonchev–Trinajstić information content (AvgIpc) is 3.35. The van der Waals surface area contributed by atoms with Crippen LogP contribution in [-0.4, -0.2) is 56.4 Å². The molecule has 2 unspecified atom stereocenters. The number of likely N-dealkylation sites (N-methyl/N-ethyl adjacent to an activating group) is 1. The van der Waals surface area contributed by atoms with E-state index in [4.69, 9.17) is 15.2 Å². The van der Waals surface area contributed by atoms with Crippen molar-refractivity contribution in [3.63, 3.8) is 0 Å². The molecule has 0 radical (unpaired) electrons. The van der Waals surface area contributed by atoms with Crippen molar-refractivity contribution in [1.82, 2.24) is 10.2 Å². The molecule has 6 heteroatoms. The van der Waals surface area contributed by atoms with E-state index in [0.717, 1.165) is 44.0 Å². The number of nitrogens with one attached hydrogen (secondary N) is 1. The Bertz CT molecular complexity index is 629. The summed E-state index contributed by atoms with van der Waals surface area (Å²) in [5.41, 5.74) is 8.36. The highest BCUT2D eigenvalue weighted by atomic mass is 16.5. The summed E-state index contributed by atoms with van der Waals surface area (Å²) in [6.07, 6.45) is 3.58. The molecule has 3 rings (SSSR count). The zero-order valence-electron chi connectivity index (χ0n) is 16.7. The maximum atomic E-state index is 6.10. The number of nitrogens with zero attached hydrogens (tertiary/aromatic N) is 2. The van der Waals surface area contributed by atoms with Crippen LogP contribution >= 0.6 is 0 Å². The fraction of sp³-hybridized carbons (Fsp3) is 0.667. The predicted molar refractivity (Wildman–Crippen MR) is 109 cm³/mol. The van der Waals surface area contributed by atoms with Gasteiger partial charge in [0, 0.05) is 30.7 Å². The van der Waals surface area contributed by atoms with Gasteiger partial charge in [0.1, 0.15) is 5.75 Å². The lowest BCUT2D eigenvalue weighted by atomic mass is 10.1. The van der Waals surface area contributed by atoms with Crippen molar-refractivity contribution in [1.29, 1.82) is 0 Å². The number of guanidine groups is 1. The molecule has 0 saturated carbocycles. The number of aliphatic imine (C=N–C) groups is 1. The zero-order chi connectivity index (χ0) is 19.1. The minimum Gasteiger partial charge on any atom is -0.493 e. The summed E-state index contributed by atoms with van der Waals surface area (Å²) >= 11 is 0. The Morgan fingerprint density at radius 2 is 2.30 bits per heavy atom. The molecule has 0 spiro atoms. The van der Waals surface area contributed by atoms with Crippen LogP contribution in [0, 0.1) is 12.8 Å². The second-order valence-corrected chi connectivity index (χ2v) is 7.66. The molecule has 150 valence electrons. The molecule has 6 nitrogen and oxygen atoms in total. The van der Waals surface area contributed by atoms with Crippen molar-refractivity contribution in [2.24, 2.45) is 16.6 Å². The summed E-state index contributed by atoms with van der Waals surface area (Å²) in [5, 5.41) is 3.30. The first kappa shape index (κ1) is 20.0. The standard InChI is InChI=1S/C21H34N4O2/c1-3-25-9-4-5-19(25)13-24-21(22)23-12-18-7-6-16(2)11-20(18)27-15-17-8-10-26-14-17/h6-7,11,17,19H,3-5,8-10,12-15H2,1-2H3,(H3,22,23,24). The zero-order valence-corrected chi connectivity index (χ0v) is 16.7. The number of aryl methyl sites for hydroxylation is 1. The number of rotatable bonds is 8. The Labute approximate surface area is 163 Å². The summed E-state index contributed by atoms with van der Waals surface area (Å²) in [5.74, 6) is 1.90. The van der Waals surface area contributed by atoms with Crippen LogP contribution < -0.4 is 15.8 Å². The van der Waals surface area contributed by atoms with E-state index in [-0.39, 0.29) is 0 Å². The minimum absolute atomic E-state index is 0.488. The van der Waals surface area contributed by atoms with Crippen LogP contribution in [0.25, 0.3) is 0 Å². The molecule has 2 heterocycles. The molecule has 0 aliphatic carbocycles. The summed E-state index contributed by atoms with van der Waals surface area (Å²) in [6, 6.07) is 6.83. The highest BCUT2D eigenvalue weighted by Crippen LogP contribution is 2.23. The number of ether oxygens (including phenoxy) is 2. The van der Waals surface area contributed by atoms with E-state index in [1.807, 2.05) is 0 Å². The lowest BCUT2D eigenvalue weighted by Crippen LogP contribution is -2.42. The molecule has 27 heavy (non-hydrogen) atoms. The largest absolute Gasteiger partial charge is 0.493 e. The van der Waals surface area contributed by atoms with Crippen LogP contribution in [0.2, 0.25) is 0 Å². The van der Waals surface area contributed by atoms with Gasteiger partial charge in [0.05, 0.1) is 19.8 Å². The first-order valence-electron chi connectivity index (χ1n) is 10.2. The van der Waals surface area contributed by atoms with E-state index < -0.39 is 0 Å². The van der Waals surface area contributed by atoms with Gasteiger partial charge in [-0.25, -0.2) is 4.99 Å². The van der Waals surface area contributed by atoms with Crippen molar-refractivity contribution < 1.29 is 9.47 Å². The second-order valence-electron chi connectivity index (χ2n) is 7.66. The first-order valence-corrected chi connectivity index (χ1v) is 10.2. The van der Waals surface area contributed by atoms with Gasteiger partial charge >= 0.3 is 0 Å². The predicted octanol–water partition coefficient (Wildman–Crippen LogP) is 2.30. The highest BCUT2D eigenvalue weighted by Gasteiger charge is 2.22. The number of likely N-dealkylation sites (tertiary alicyclic amines) is 1. The Kier molecular flexibility index (Phi) is 7.35. The van der Waals surface area contributed by atoms with Gasteiger partial charge in [0.25, 0.3) is 0 Å². The monoisotopic (exact) mass is 374 g/mol. The SMILES string of the molecule is CCN1CCCC1CNC(N)=NCc1ccc(C)cc1OCC1CCOC1. The van der Waals surface area contributed by atoms with Crippen LogP contribution in [0.5, 0.6) is 5.75 Å². The van der Waals surface area contributed by atoms with Crippen molar-refractivity contribution >= 4 is 5.96 Å². The Morgan fingerprint density at radius 1 is 1.41 bits per heavy atom. The molecule has 2 atom stereocenters. The third-order valence-corrected chi connectivity index (χ3v) is 5.56. The molecule has 1 aromatic rings. The smallest absolute Gasteiger partial charge is 0.188 e. The van der Waals surface area contributed by atoms with Gasteiger partial charge in [-0.3, -0.25) is 4.90 Å². The summed E-state index contributed by atoms with van der Waals surface area (Å²) < 4.78 is 11.5. The van der Waals surface area contributed by atoms with Crippen molar-refractivity contribution in [2.45, 2.75) is 45.7 Å². The van der Waals surface area contributed by atoms with Crippen molar-refractivity contribution in [3.05, 3.63) is 29.3 Å². The van der Waals surface area contributed by atoms with Crippen molar-refractivity contribution in [3.8, 4) is 5.75 Å². The molecule has 2 aliphatic heterocycles. The van der Waals surface area contributed by atoms with E-state index in [1.54, 1.807) is 0 Å². The first-order chi connectivity index (χ1) is 13.2. The summed E-state index contributed by atoms with van der Waals surface area (Å²) in [7, 11) is 0. The molecule has 0 aromatic heterocycles. The third kappa shape index (κ3) is 5.84. The van der Waals surface area contributed by atoms with Gasteiger partial charge in [0.15, 0.2) is 5.96 Å². The van der Waals surface area contributed by atoms with E-state index in [2.05, 4.69) is 47.3 Å².